The van der Waals surface area contributed by atoms with Crippen LogP contribution in [0.5, 0.6) is 0 Å². The average Bonchev–Trinajstić information content (AvgIpc) is 3.13. The maximum absolute atomic E-state index is 14.8. The zero-order valence-corrected chi connectivity index (χ0v) is 20.4. The van der Waals surface area contributed by atoms with E-state index in [-0.39, 0.29) is 28.3 Å². The lowest BCUT2D eigenvalue weighted by Crippen LogP contribution is -2.58. The Bertz CT molecular complexity index is 867. The molecule has 1 aromatic rings. The summed E-state index contributed by atoms with van der Waals surface area (Å²) in [6, 6.07) is 1.70. The van der Waals surface area contributed by atoms with Crippen molar-refractivity contribution in [2.75, 3.05) is 19.6 Å². The van der Waals surface area contributed by atoms with Gasteiger partial charge < -0.3 is 9.64 Å². The average molecular weight is 471 g/mol. The Kier molecular flexibility index (Phi) is 6.81. The molecule has 2 aliphatic heterocycles. The first kappa shape index (κ1) is 24.7. The molecule has 8 heteroatoms. The maximum Gasteiger partial charge on any atom is 0.410 e. The minimum absolute atomic E-state index is 0.0173. The summed E-state index contributed by atoms with van der Waals surface area (Å²) in [5.74, 6) is -1.88. The zero-order valence-electron chi connectivity index (χ0n) is 19.7. The molecule has 0 aromatic heterocycles. The van der Waals surface area contributed by atoms with Crippen LogP contribution in [0.2, 0.25) is 5.02 Å². The Morgan fingerprint density at radius 2 is 1.66 bits per heavy atom. The van der Waals surface area contributed by atoms with Crippen molar-refractivity contribution in [1.82, 2.24) is 9.80 Å². The van der Waals surface area contributed by atoms with Crippen LogP contribution in [-0.4, -0.2) is 53.1 Å². The summed E-state index contributed by atoms with van der Waals surface area (Å²) in [7, 11) is 0. The quantitative estimate of drug-likeness (QED) is 0.582. The number of carbonyl (C=O) groups is 2. The van der Waals surface area contributed by atoms with Gasteiger partial charge in [0.25, 0.3) is 0 Å². The Labute approximate surface area is 194 Å². The number of piperidine rings is 1. The molecule has 32 heavy (non-hydrogen) atoms. The predicted octanol–water partition coefficient (Wildman–Crippen LogP) is 5.39. The Morgan fingerprint density at radius 1 is 1.12 bits per heavy atom. The second kappa shape index (κ2) is 8.81. The molecule has 2 saturated heterocycles. The lowest BCUT2D eigenvalue weighted by atomic mass is 9.62. The summed E-state index contributed by atoms with van der Waals surface area (Å²) < 4.78 is 35.1. The summed E-state index contributed by atoms with van der Waals surface area (Å²) in [5.41, 5.74) is -1.43. The fourth-order valence-corrected chi connectivity index (χ4v) is 5.30. The van der Waals surface area contributed by atoms with Crippen molar-refractivity contribution in [1.29, 1.82) is 0 Å². The molecule has 1 aromatic carbocycles. The maximum atomic E-state index is 14.8. The molecule has 2 amide bonds. The van der Waals surface area contributed by atoms with Crippen LogP contribution >= 0.6 is 11.6 Å². The van der Waals surface area contributed by atoms with E-state index in [4.69, 9.17) is 16.3 Å². The molecule has 2 fully saturated rings. The van der Waals surface area contributed by atoms with Gasteiger partial charge in [-0.15, -0.1) is 0 Å². The molecule has 0 N–H and O–H groups in total. The van der Waals surface area contributed by atoms with Crippen molar-refractivity contribution in [3.05, 3.63) is 34.4 Å². The van der Waals surface area contributed by atoms with Crippen LogP contribution in [0.15, 0.2) is 12.1 Å². The van der Waals surface area contributed by atoms with Gasteiger partial charge in [-0.25, -0.2) is 13.6 Å². The van der Waals surface area contributed by atoms with Crippen LogP contribution < -0.4 is 0 Å². The highest BCUT2D eigenvalue weighted by Crippen LogP contribution is 2.46. The number of hydrogen-bond donors (Lipinski definition) is 0. The van der Waals surface area contributed by atoms with Gasteiger partial charge in [0.05, 0.1) is 0 Å². The van der Waals surface area contributed by atoms with E-state index >= 15 is 0 Å². The normalized spacial score (nSPS) is 28.7. The number of halogens is 3. The molecule has 178 valence electrons. The van der Waals surface area contributed by atoms with Gasteiger partial charge in [0.15, 0.2) is 0 Å². The smallest absolute Gasteiger partial charge is 0.410 e. The highest BCUT2D eigenvalue weighted by molar-refractivity contribution is 6.30. The van der Waals surface area contributed by atoms with Crippen LogP contribution in [0, 0.1) is 23.5 Å². The molecular weight excluding hydrogens is 438 g/mol. The molecule has 2 heterocycles. The zero-order chi connectivity index (χ0) is 24.0. The molecule has 1 unspecified atom stereocenters. The Hall–Kier alpha value is -1.89. The van der Waals surface area contributed by atoms with Crippen molar-refractivity contribution in [2.24, 2.45) is 11.8 Å². The van der Waals surface area contributed by atoms with Gasteiger partial charge in [-0.05, 0) is 57.6 Å². The summed E-state index contributed by atoms with van der Waals surface area (Å²) in [6.45, 7) is 12.2. The second-order valence-electron chi connectivity index (χ2n) is 10.4. The monoisotopic (exact) mass is 470 g/mol. The number of hydrogen-bond acceptors (Lipinski definition) is 3. The largest absolute Gasteiger partial charge is 0.444 e. The number of benzene rings is 1. The van der Waals surface area contributed by atoms with Crippen molar-refractivity contribution in [2.45, 2.75) is 71.4 Å². The van der Waals surface area contributed by atoms with Gasteiger partial charge in [-0.1, -0.05) is 32.4 Å². The van der Waals surface area contributed by atoms with Crippen LogP contribution in [0.25, 0.3) is 0 Å². The predicted molar refractivity (Wildman–Crippen MR) is 120 cm³/mol. The molecular formula is C24H33ClF2N2O3. The van der Waals surface area contributed by atoms with E-state index in [1.54, 1.807) is 25.7 Å². The van der Waals surface area contributed by atoms with Gasteiger partial charge in [0.2, 0.25) is 5.91 Å². The molecule has 5 nitrogen and oxygen atoms in total. The molecule has 2 aliphatic rings. The number of likely N-dealkylation sites (tertiary alicyclic amines) is 2. The summed E-state index contributed by atoms with van der Waals surface area (Å²) >= 11 is 5.82. The first-order valence-electron chi connectivity index (χ1n) is 11.2. The van der Waals surface area contributed by atoms with E-state index in [0.717, 1.165) is 18.6 Å². The first-order chi connectivity index (χ1) is 14.8. The number of rotatable bonds is 2. The summed E-state index contributed by atoms with van der Waals surface area (Å²) in [4.78, 5) is 29.3. The molecule has 0 spiro atoms. The fraction of sp³-hybridized carbons (Fsp3) is 0.667. The molecule has 0 aliphatic carbocycles. The van der Waals surface area contributed by atoms with Crippen molar-refractivity contribution < 1.29 is 23.1 Å². The van der Waals surface area contributed by atoms with Crippen molar-refractivity contribution in [3.8, 4) is 0 Å². The summed E-state index contributed by atoms with van der Waals surface area (Å²) in [6.07, 6.45) is 0.823. The molecule has 0 saturated carbocycles. The van der Waals surface area contributed by atoms with E-state index < -0.39 is 34.8 Å². The van der Waals surface area contributed by atoms with Crippen molar-refractivity contribution in [3.63, 3.8) is 0 Å². The summed E-state index contributed by atoms with van der Waals surface area (Å²) in [5, 5.41) is 0.0173. The minimum Gasteiger partial charge on any atom is -0.444 e. The number of nitrogens with zero attached hydrogens (tertiary/aromatic N) is 2. The number of carbonyl (C=O) groups excluding carboxylic acids is 2. The highest BCUT2D eigenvalue weighted by Gasteiger charge is 2.49. The minimum atomic E-state index is -0.809. The van der Waals surface area contributed by atoms with Gasteiger partial charge in [0.1, 0.15) is 23.3 Å². The fourth-order valence-electron chi connectivity index (χ4n) is 5.10. The standard InChI is InChI=1S/C24H33ClF2N2O3/c1-14-12-28(21(30)19-8-7-9-29(19)22(31)32-23(3,4)5)13-15(2)24(14,6)20-17(26)10-16(25)11-18(20)27/h10-11,14-15,19H,7-9,12-13H2,1-6H3/t14-,15+,19-,24?/m1/s1. The van der Waals surface area contributed by atoms with Crippen LogP contribution in [0.4, 0.5) is 13.6 Å². The van der Waals surface area contributed by atoms with Crippen LogP contribution in [-0.2, 0) is 14.9 Å². The van der Waals surface area contributed by atoms with E-state index in [1.807, 2.05) is 20.8 Å². The van der Waals surface area contributed by atoms with E-state index in [9.17, 15) is 18.4 Å². The number of amides is 2. The van der Waals surface area contributed by atoms with Gasteiger partial charge in [-0.3, -0.25) is 9.69 Å². The highest BCUT2D eigenvalue weighted by atomic mass is 35.5. The lowest BCUT2D eigenvalue weighted by Gasteiger charge is -2.50. The SMILES string of the molecule is C[C@@H]1CN(C(=O)[C@H]2CCCN2C(=O)OC(C)(C)C)C[C@H](C)C1(C)c1c(F)cc(Cl)cc1F. The molecule has 0 bridgehead atoms. The third-order valence-corrected chi connectivity index (χ3v) is 7.28. The van der Waals surface area contributed by atoms with Crippen LogP contribution in [0.1, 0.15) is 59.9 Å². The van der Waals surface area contributed by atoms with E-state index in [1.165, 1.54) is 4.90 Å². The first-order valence-corrected chi connectivity index (χ1v) is 11.6. The Morgan fingerprint density at radius 3 is 2.16 bits per heavy atom. The molecule has 3 rings (SSSR count). The Balaban J connectivity index is 1.81. The van der Waals surface area contributed by atoms with E-state index in [0.29, 0.717) is 26.1 Å². The lowest BCUT2D eigenvalue weighted by molar-refractivity contribution is -0.140. The second-order valence-corrected chi connectivity index (χ2v) is 10.8. The van der Waals surface area contributed by atoms with Crippen LogP contribution in [0.3, 0.4) is 0 Å². The van der Waals surface area contributed by atoms with E-state index in [2.05, 4.69) is 0 Å². The third-order valence-electron chi connectivity index (χ3n) is 7.06. The molecule has 0 radical (unpaired) electrons. The topological polar surface area (TPSA) is 49.9 Å². The van der Waals surface area contributed by atoms with Gasteiger partial charge in [0, 0.05) is 35.6 Å². The van der Waals surface area contributed by atoms with Crippen molar-refractivity contribution >= 4 is 23.6 Å². The third kappa shape index (κ3) is 4.59. The van der Waals surface area contributed by atoms with Gasteiger partial charge >= 0.3 is 6.09 Å². The molecule has 4 atom stereocenters. The van der Waals surface area contributed by atoms with Gasteiger partial charge in [-0.2, -0.15) is 0 Å². The number of ether oxygens (including phenoxy) is 1.